The predicted molar refractivity (Wildman–Crippen MR) is 41.5 cm³/mol. The summed E-state index contributed by atoms with van der Waals surface area (Å²) in [6, 6.07) is 4.59. The first kappa shape index (κ1) is 7.55. The van der Waals surface area contributed by atoms with E-state index in [4.69, 9.17) is 4.74 Å². The second-order valence-electron chi connectivity index (χ2n) is 2.81. The normalized spacial score (nSPS) is 21.3. The Kier molecular flexibility index (Phi) is 1.73. The summed E-state index contributed by atoms with van der Waals surface area (Å²) < 4.78 is 18.1. The lowest BCUT2D eigenvalue weighted by Crippen LogP contribution is -2.14. The smallest absolute Gasteiger partial charge is 0.165 e. The molecule has 0 saturated heterocycles. The van der Waals surface area contributed by atoms with E-state index in [0.29, 0.717) is 18.6 Å². The maximum Gasteiger partial charge on any atom is 0.165 e. The number of para-hydroxylation sites is 1. The standard InChI is InChI=1S/C9H9FO2/c10-7-3-1-2-6-8(11)4-5-12-9(6)7/h1-3,8,11H,4-5H2. The number of aliphatic hydroxyl groups is 1. The molecule has 0 fully saturated rings. The third-order valence-electron chi connectivity index (χ3n) is 1.99. The minimum atomic E-state index is -0.579. The van der Waals surface area contributed by atoms with Crippen molar-refractivity contribution >= 4 is 0 Å². The molecule has 3 heteroatoms. The Bertz CT molecular complexity index is 299. The van der Waals surface area contributed by atoms with Crippen LogP contribution < -0.4 is 4.74 Å². The van der Waals surface area contributed by atoms with Gasteiger partial charge in [0.2, 0.25) is 0 Å². The average Bonchev–Trinajstić information content (AvgIpc) is 2.07. The van der Waals surface area contributed by atoms with Crippen LogP contribution in [0.25, 0.3) is 0 Å². The number of rotatable bonds is 0. The summed E-state index contributed by atoms with van der Waals surface area (Å²) in [7, 11) is 0. The minimum absolute atomic E-state index is 0.205. The summed E-state index contributed by atoms with van der Waals surface area (Å²) in [6.45, 7) is 0.384. The Labute approximate surface area is 69.6 Å². The Morgan fingerprint density at radius 2 is 2.33 bits per heavy atom. The zero-order valence-electron chi connectivity index (χ0n) is 6.46. The SMILES string of the molecule is OC1CCOc2c(F)cccc21. The first-order valence-corrected chi connectivity index (χ1v) is 3.88. The second kappa shape index (κ2) is 2.75. The van der Waals surface area contributed by atoms with Gasteiger partial charge in [0.25, 0.3) is 0 Å². The molecule has 0 saturated carbocycles. The van der Waals surface area contributed by atoms with Gasteiger partial charge in [-0.25, -0.2) is 4.39 Å². The summed E-state index contributed by atoms with van der Waals surface area (Å²) in [6.07, 6.45) is -0.0411. The number of hydrogen-bond acceptors (Lipinski definition) is 2. The molecule has 1 aromatic rings. The van der Waals surface area contributed by atoms with Gasteiger partial charge in [-0.2, -0.15) is 0 Å². The van der Waals surface area contributed by atoms with Crippen molar-refractivity contribution in [3.63, 3.8) is 0 Å². The van der Waals surface area contributed by atoms with E-state index in [9.17, 15) is 9.50 Å². The molecular weight excluding hydrogens is 159 g/mol. The van der Waals surface area contributed by atoms with Crippen LogP contribution in [0.15, 0.2) is 18.2 Å². The highest BCUT2D eigenvalue weighted by atomic mass is 19.1. The molecule has 1 aromatic carbocycles. The highest BCUT2D eigenvalue weighted by Crippen LogP contribution is 2.33. The van der Waals surface area contributed by atoms with Crippen LogP contribution in [-0.2, 0) is 0 Å². The van der Waals surface area contributed by atoms with Crippen LogP contribution in [-0.4, -0.2) is 11.7 Å². The summed E-state index contributed by atoms with van der Waals surface area (Å²) >= 11 is 0. The van der Waals surface area contributed by atoms with Gasteiger partial charge in [0, 0.05) is 12.0 Å². The largest absolute Gasteiger partial charge is 0.490 e. The van der Waals surface area contributed by atoms with Crippen LogP contribution >= 0.6 is 0 Å². The van der Waals surface area contributed by atoms with Gasteiger partial charge in [-0.15, -0.1) is 0 Å². The van der Waals surface area contributed by atoms with Crippen molar-refractivity contribution in [1.82, 2.24) is 0 Å². The quantitative estimate of drug-likeness (QED) is 0.638. The van der Waals surface area contributed by atoms with E-state index in [2.05, 4.69) is 0 Å². The van der Waals surface area contributed by atoms with E-state index in [1.54, 1.807) is 12.1 Å². The number of fused-ring (bicyclic) bond motifs is 1. The first-order valence-electron chi connectivity index (χ1n) is 3.88. The van der Waals surface area contributed by atoms with Gasteiger partial charge < -0.3 is 9.84 Å². The Balaban J connectivity index is 2.52. The second-order valence-corrected chi connectivity index (χ2v) is 2.81. The fraction of sp³-hybridized carbons (Fsp3) is 0.333. The van der Waals surface area contributed by atoms with Crippen LogP contribution in [0.2, 0.25) is 0 Å². The van der Waals surface area contributed by atoms with Crippen molar-refractivity contribution in [1.29, 1.82) is 0 Å². The van der Waals surface area contributed by atoms with E-state index < -0.39 is 11.9 Å². The lowest BCUT2D eigenvalue weighted by Gasteiger charge is -2.21. The Morgan fingerprint density at radius 3 is 3.08 bits per heavy atom. The average molecular weight is 168 g/mol. The molecule has 1 aliphatic rings. The van der Waals surface area contributed by atoms with Crippen LogP contribution in [0.1, 0.15) is 18.1 Å². The van der Waals surface area contributed by atoms with Gasteiger partial charge >= 0.3 is 0 Å². The van der Waals surface area contributed by atoms with Crippen LogP contribution in [0.5, 0.6) is 5.75 Å². The summed E-state index contributed by atoms with van der Waals surface area (Å²) in [5.41, 5.74) is 0.557. The topological polar surface area (TPSA) is 29.5 Å². The van der Waals surface area contributed by atoms with Crippen LogP contribution in [0.3, 0.4) is 0 Å². The lowest BCUT2D eigenvalue weighted by molar-refractivity contribution is 0.112. The summed E-state index contributed by atoms with van der Waals surface area (Å²) in [5, 5.41) is 9.44. The van der Waals surface area contributed by atoms with Crippen molar-refractivity contribution < 1.29 is 14.2 Å². The van der Waals surface area contributed by atoms with Crippen molar-refractivity contribution in [2.45, 2.75) is 12.5 Å². The van der Waals surface area contributed by atoms with E-state index in [1.165, 1.54) is 6.07 Å². The molecule has 2 nitrogen and oxygen atoms in total. The molecule has 0 amide bonds. The van der Waals surface area contributed by atoms with E-state index in [-0.39, 0.29) is 5.75 Å². The fourth-order valence-corrected chi connectivity index (χ4v) is 1.37. The first-order chi connectivity index (χ1) is 5.79. The fourth-order valence-electron chi connectivity index (χ4n) is 1.37. The molecule has 1 atom stereocenters. The third-order valence-corrected chi connectivity index (χ3v) is 1.99. The maximum absolute atomic E-state index is 13.0. The number of aliphatic hydroxyl groups excluding tert-OH is 1. The molecular formula is C9H9FO2. The van der Waals surface area contributed by atoms with Crippen molar-refractivity contribution in [2.24, 2.45) is 0 Å². The molecule has 0 aromatic heterocycles. The predicted octanol–water partition coefficient (Wildman–Crippen LogP) is 1.64. The van der Waals surface area contributed by atoms with Gasteiger partial charge in [-0.05, 0) is 6.07 Å². The molecule has 1 unspecified atom stereocenters. The highest BCUT2D eigenvalue weighted by Gasteiger charge is 2.21. The minimum Gasteiger partial charge on any atom is -0.490 e. The van der Waals surface area contributed by atoms with E-state index in [0.717, 1.165) is 0 Å². The van der Waals surface area contributed by atoms with E-state index in [1.807, 2.05) is 0 Å². The van der Waals surface area contributed by atoms with E-state index >= 15 is 0 Å². The van der Waals surface area contributed by atoms with Gasteiger partial charge in [0.05, 0.1) is 12.7 Å². The van der Waals surface area contributed by atoms with Gasteiger partial charge in [0.15, 0.2) is 11.6 Å². The monoisotopic (exact) mass is 168 g/mol. The third kappa shape index (κ3) is 1.06. The van der Waals surface area contributed by atoms with Crippen molar-refractivity contribution in [2.75, 3.05) is 6.61 Å². The number of benzene rings is 1. The zero-order chi connectivity index (χ0) is 8.55. The lowest BCUT2D eigenvalue weighted by atomic mass is 10.0. The molecule has 12 heavy (non-hydrogen) atoms. The van der Waals surface area contributed by atoms with Gasteiger partial charge in [-0.1, -0.05) is 12.1 Å². The molecule has 1 N–H and O–H groups in total. The number of hydrogen-bond donors (Lipinski definition) is 1. The van der Waals surface area contributed by atoms with Crippen molar-refractivity contribution in [3.8, 4) is 5.75 Å². The van der Waals surface area contributed by atoms with Gasteiger partial charge in [-0.3, -0.25) is 0 Å². The highest BCUT2D eigenvalue weighted by molar-refractivity contribution is 5.37. The molecule has 0 aliphatic carbocycles. The number of halogens is 1. The Hall–Kier alpha value is -1.09. The molecule has 1 heterocycles. The van der Waals surface area contributed by atoms with Gasteiger partial charge in [0.1, 0.15) is 0 Å². The molecule has 0 bridgehead atoms. The molecule has 0 radical (unpaired) electrons. The summed E-state index contributed by atoms with van der Waals surface area (Å²) in [4.78, 5) is 0. The summed E-state index contributed by atoms with van der Waals surface area (Å²) in [5.74, 6) is -0.192. The molecule has 1 aliphatic heterocycles. The van der Waals surface area contributed by atoms with Crippen molar-refractivity contribution in [3.05, 3.63) is 29.6 Å². The van der Waals surface area contributed by atoms with Crippen LogP contribution in [0, 0.1) is 5.82 Å². The molecule has 2 rings (SSSR count). The maximum atomic E-state index is 13.0. The molecule has 0 spiro atoms. The zero-order valence-corrected chi connectivity index (χ0v) is 6.46. The van der Waals surface area contributed by atoms with Crippen LogP contribution in [0.4, 0.5) is 4.39 Å². The Morgan fingerprint density at radius 1 is 1.50 bits per heavy atom. The number of ether oxygens (including phenoxy) is 1. The molecule has 64 valence electrons.